The first-order valence-electron chi connectivity index (χ1n) is 9.40. The molecule has 4 rings (SSSR count). The van der Waals surface area contributed by atoms with Crippen LogP contribution in [-0.2, 0) is 0 Å². The summed E-state index contributed by atoms with van der Waals surface area (Å²) >= 11 is 0. The van der Waals surface area contributed by atoms with Crippen LogP contribution < -0.4 is 4.90 Å². The van der Waals surface area contributed by atoms with Crippen molar-refractivity contribution in [3.05, 3.63) is 77.6 Å². The van der Waals surface area contributed by atoms with Gasteiger partial charge in [0.2, 0.25) is 0 Å². The highest BCUT2D eigenvalue weighted by Gasteiger charge is 2.15. The second kappa shape index (κ2) is 7.63. The summed E-state index contributed by atoms with van der Waals surface area (Å²) in [7, 11) is 0. The second-order valence-corrected chi connectivity index (χ2v) is 6.99. The molecule has 0 radical (unpaired) electrons. The third-order valence-electron chi connectivity index (χ3n) is 5.16. The van der Waals surface area contributed by atoms with E-state index in [4.69, 9.17) is 0 Å². The standard InChI is InChI=1S/C24H21FN2/c25-23-15-18(8-11-24(23)27-12-4-1-5-13-27)14-22(17-26)21-10-9-19-6-2-3-7-20(19)16-21/h2-3,6-11,14-16H,1,4-5,12-13H2. The fourth-order valence-electron chi connectivity index (χ4n) is 3.71. The van der Waals surface area contributed by atoms with Crippen LogP contribution in [-0.4, -0.2) is 13.1 Å². The highest BCUT2D eigenvalue weighted by atomic mass is 19.1. The largest absolute Gasteiger partial charge is 0.369 e. The van der Waals surface area contributed by atoms with Crippen LogP contribution in [0.4, 0.5) is 10.1 Å². The molecule has 0 aliphatic carbocycles. The van der Waals surface area contributed by atoms with E-state index in [9.17, 15) is 9.65 Å². The predicted molar refractivity (Wildman–Crippen MR) is 110 cm³/mol. The van der Waals surface area contributed by atoms with Gasteiger partial charge in [-0.3, -0.25) is 0 Å². The maximum absolute atomic E-state index is 14.6. The van der Waals surface area contributed by atoms with Crippen molar-refractivity contribution in [2.45, 2.75) is 19.3 Å². The van der Waals surface area contributed by atoms with E-state index in [1.165, 1.54) is 12.5 Å². The smallest absolute Gasteiger partial charge is 0.147 e. The normalized spacial score (nSPS) is 15.0. The second-order valence-electron chi connectivity index (χ2n) is 6.99. The molecular formula is C24H21FN2. The number of nitriles is 1. The molecule has 1 aliphatic heterocycles. The van der Waals surface area contributed by atoms with Crippen LogP contribution in [0.25, 0.3) is 22.4 Å². The van der Waals surface area contributed by atoms with Gasteiger partial charge in [0.1, 0.15) is 5.82 Å². The molecule has 0 saturated carbocycles. The van der Waals surface area contributed by atoms with Gasteiger partial charge in [-0.05, 0) is 65.4 Å². The maximum atomic E-state index is 14.6. The van der Waals surface area contributed by atoms with Crippen LogP contribution in [0.1, 0.15) is 30.4 Å². The minimum absolute atomic E-state index is 0.221. The molecule has 134 valence electrons. The van der Waals surface area contributed by atoms with Crippen LogP contribution in [0.2, 0.25) is 0 Å². The number of nitrogens with zero attached hydrogens (tertiary/aromatic N) is 2. The summed E-state index contributed by atoms with van der Waals surface area (Å²) in [6.07, 6.45) is 5.20. The summed E-state index contributed by atoms with van der Waals surface area (Å²) in [4.78, 5) is 2.11. The number of hydrogen-bond donors (Lipinski definition) is 0. The summed E-state index contributed by atoms with van der Waals surface area (Å²) in [6.45, 7) is 1.82. The fourth-order valence-corrected chi connectivity index (χ4v) is 3.71. The lowest BCUT2D eigenvalue weighted by molar-refractivity contribution is 0.557. The average molecular weight is 356 g/mol. The van der Waals surface area contributed by atoms with Gasteiger partial charge in [-0.15, -0.1) is 0 Å². The molecule has 1 aliphatic rings. The number of rotatable bonds is 3. The molecule has 2 nitrogen and oxygen atoms in total. The van der Waals surface area contributed by atoms with Crippen molar-refractivity contribution >= 4 is 28.1 Å². The first kappa shape index (κ1) is 17.3. The monoisotopic (exact) mass is 356 g/mol. The molecule has 3 aromatic rings. The van der Waals surface area contributed by atoms with E-state index < -0.39 is 0 Å². The van der Waals surface area contributed by atoms with Crippen molar-refractivity contribution in [2.75, 3.05) is 18.0 Å². The molecule has 27 heavy (non-hydrogen) atoms. The molecule has 0 aromatic heterocycles. The number of allylic oxidation sites excluding steroid dienone is 1. The minimum Gasteiger partial charge on any atom is -0.369 e. The number of benzene rings is 3. The third-order valence-corrected chi connectivity index (χ3v) is 5.16. The SMILES string of the molecule is N#CC(=Cc1ccc(N2CCCCC2)c(F)c1)c1ccc2ccccc2c1. The molecule has 0 amide bonds. The van der Waals surface area contributed by atoms with Crippen molar-refractivity contribution < 1.29 is 4.39 Å². The highest BCUT2D eigenvalue weighted by Crippen LogP contribution is 2.27. The molecule has 1 heterocycles. The van der Waals surface area contributed by atoms with Crippen LogP contribution >= 0.6 is 0 Å². The quantitative estimate of drug-likeness (QED) is 0.423. The van der Waals surface area contributed by atoms with E-state index in [0.29, 0.717) is 16.8 Å². The van der Waals surface area contributed by atoms with Crippen LogP contribution in [0, 0.1) is 17.1 Å². The van der Waals surface area contributed by atoms with Crippen molar-refractivity contribution in [2.24, 2.45) is 0 Å². The van der Waals surface area contributed by atoms with Crippen molar-refractivity contribution in [1.82, 2.24) is 0 Å². The Bertz CT molecular complexity index is 1040. The molecule has 0 unspecified atom stereocenters. The van der Waals surface area contributed by atoms with E-state index in [2.05, 4.69) is 11.0 Å². The Labute approximate surface area is 159 Å². The Morgan fingerprint density at radius 1 is 0.926 bits per heavy atom. The molecule has 0 N–H and O–H groups in total. The number of piperidine rings is 1. The molecule has 1 saturated heterocycles. The summed E-state index contributed by atoms with van der Waals surface area (Å²) in [5, 5.41) is 11.8. The van der Waals surface area contributed by atoms with Crippen molar-refractivity contribution in [3.63, 3.8) is 0 Å². The van der Waals surface area contributed by atoms with Gasteiger partial charge in [0, 0.05) is 13.1 Å². The minimum atomic E-state index is -0.221. The zero-order valence-corrected chi connectivity index (χ0v) is 15.2. The third kappa shape index (κ3) is 3.71. The summed E-state index contributed by atoms with van der Waals surface area (Å²) in [5.41, 5.74) is 2.75. The first-order valence-corrected chi connectivity index (χ1v) is 9.40. The Morgan fingerprint density at radius 2 is 1.70 bits per heavy atom. The van der Waals surface area contributed by atoms with Gasteiger partial charge < -0.3 is 4.90 Å². The topological polar surface area (TPSA) is 27.0 Å². The summed E-state index contributed by atoms with van der Waals surface area (Å²) < 4.78 is 14.6. The highest BCUT2D eigenvalue weighted by molar-refractivity contribution is 5.94. The van der Waals surface area contributed by atoms with Crippen LogP contribution in [0.5, 0.6) is 0 Å². The fraction of sp³-hybridized carbons (Fsp3) is 0.208. The Morgan fingerprint density at radius 3 is 2.44 bits per heavy atom. The predicted octanol–water partition coefficient (Wildman–Crippen LogP) is 6.03. The zero-order valence-electron chi connectivity index (χ0n) is 15.2. The van der Waals surface area contributed by atoms with Gasteiger partial charge in [0.05, 0.1) is 17.3 Å². The number of hydrogen-bond acceptors (Lipinski definition) is 2. The van der Waals surface area contributed by atoms with Gasteiger partial charge >= 0.3 is 0 Å². The van der Waals surface area contributed by atoms with E-state index in [1.54, 1.807) is 6.08 Å². The molecular weight excluding hydrogens is 335 g/mol. The summed E-state index contributed by atoms with van der Waals surface area (Å²) in [6, 6.07) is 21.5. The van der Waals surface area contributed by atoms with Gasteiger partial charge in [-0.2, -0.15) is 5.26 Å². The van der Waals surface area contributed by atoms with Crippen molar-refractivity contribution in [3.8, 4) is 6.07 Å². The lowest BCUT2D eigenvalue weighted by Crippen LogP contribution is -2.30. The van der Waals surface area contributed by atoms with Gasteiger partial charge in [-0.25, -0.2) is 4.39 Å². The Hall–Kier alpha value is -3.12. The molecule has 0 bridgehead atoms. The average Bonchev–Trinajstić information content (AvgIpc) is 2.72. The van der Waals surface area contributed by atoms with Crippen molar-refractivity contribution in [1.29, 1.82) is 5.26 Å². The van der Waals surface area contributed by atoms with Gasteiger partial charge in [-0.1, -0.05) is 42.5 Å². The van der Waals surface area contributed by atoms with Crippen LogP contribution in [0.3, 0.4) is 0 Å². The molecule has 1 fully saturated rings. The Kier molecular flexibility index (Phi) is 4.89. The Balaban J connectivity index is 1.65. The number of anilines is 1. The van der Waals surface area contributed by atoms with Gasteiger partial charge in [0.15, 0.2) is 0 Å². The van der Waals surface area contributed by atoms with E-state index in [-0.39, 0.29) is 5.82 Å². The lowest BCUT2D eigenvalue weighted by Gasteiger charge is -2.29. The molecule has 0 atom stereocenters. The van der Waals surface area contributed by atoms with Gasteiger partial charge in [0.25, 0.3) is 0 Å². The van der Waals surface area contributed by atoms with Crippen LogP contribution in [0.15, 0.2) is 60.7 Å². The number of halogens is 1. The van der Waals surface area contributed by atoms with E-state index >= 15 is 0 Å². The maximum Gasteiger partial charge on any atom is 0.147 e. The van der Waals surface area contributed by atoms with E-state index in [0.717, 1.165) is 42.3 Å². The summed E-state index contributed by atoms with van der Waals surface area (Å²) in [5.74, 6) is -0.221. The number of fused-ring (bicyclic) bond motifs is 1. The molecule has 3 aromatic carbocycles. The molecule has 3 heteroatoms. The lowest BCUT2D eigenvalue weighted by atomic mass is 10.00. The van der Waals surface area contributed by atoms with E-state index in [1.807, 2.05) is 54.6 Å². The first-order chi connectivity index (χ1) is 13.2. The zero-order chi connectivity index (χ0) is 18.6. The molecule has 0 spiro atoms.